The van der Waals surface area contributed by atoms with Gasteiger partial charge in [-0.3, -0.25) is 25.2 Å². The molecule has 0 aliphatic carbocycles. The van der Waals surface area contributed by atoms with Crippen LogP contribution >= 0.6 is 11.6 Å². The standard InChI is InChI=1S/C20H17ClN4O6/c21-14-3-7-16(8-4-14)30-11-18(27)24-25-19(28)12-31-20(29)13-1-5-15(6-2-13)23-17(26)9-10-22/h1-8H,9,11-12H2,(H,23,26)(H,24,27)(H,25,28). The Hall–Kier alpha value is -4.10. The molecule has 31 heavy (non-hydrogen) atoms. The third-order valence-electron chi connectivity index (χ3n) is 3.50. The topological polar surface area (TPSA) is 147 Å². The van der Waals surface area contributed by atoms with Crippen LogP contribution in [-0.4, -0.2) is 36.9 Å². The minimum absolute atomic E-state index is 0.145. The van der Waals surface area contributed by atoms with Crippen molar-refractivity contribution >= 4 is 41.0 Å². The second kappa shape index (κ2) is 11.8. The minimum atomic E-state index is -0.776. The average molecular weight is 445 g/mol. The normalized spacial score (nSPS) is 9.68. The van der Waals surface area contributed by atoms with Crippen LogP contribution in [-0.2, 0) is 19.1 Å². The summed E-state index contributed by atoms with van der Waals surface area (Å²) in [6.07, 6.45) is -0.289. The van der Waals surface area contributed by atoms with Gasteiger partial charge in [0.15, 0.2) is 13.2 Å². The van der Waals surface area contributed by atoms with Crippen molar-refractivity contribution in [1.29, 1.82) is 5.26 Å². The Balaban J connectivity index is 1.68. The molecule has 2 rings (SSSR count). The van der Waals surface area contributed by atoms with Gasteiger partial charge in [-0.15, -0.1) is 0 Å². The van der Waals surface area contributed by atoms with E-state index in [9.17, 15) is 19.2 Å². The number of carbonyl (C=O) groups excluding carboxylic acids is 4. The summed E-state index contributed by atoms with van der Waals surface area (Å²) in [5.41, 5.74) is 4.75. The zero-order valence-corrected chi connectivity index (χ0v) is 16.8. The second-order valence-corrected chi connectivity index (χ2v) is 6.31. The molecule has 2 aromatic rings. The molecule has 0 bridgehead atoms. The molecular weight excluding hydrogens is 428 g/mol. The van der Waals surface area contributed by atoms with E-state index in [0.29, 0.717) is 16.5 Å². The maximum absolute atomic E-state index is 12.0. The molecule has 0 atom stereocenters. The van der Waals surface area contributed by atoms with Crippen LogP contribution in [0.15, 0.2) is 48.5 Å². The van der Waals surface area contributed by atoms with E-state index < -0.39 is 30.3 Å². The zero-order valence-electron chi connectivity index (χ0n) is 16.0. The van der Waals surface area contributed by atoms with Gasteiger partial charge in [0, 0.05) is 10.7 Å². The van der Waals surface area contributed by atoms with Crippen molar-refractivity contribution in [2.75, 3.05) is 18.5 Å². The molecular formula is C20H17ClN4O6. The molecule has 3 amide bonds. The van der Waals surface area contributed by atoms with Gasteiger partial charge in [0.25, 0.3) is 11.8 Å². The molecule has 160 valence electrons. The molecule has 0 heterocycles. The zero-order chi connectivity index (χ0) is 22.6. The van der Waals surface area contributed by atoms with Crippen LogP contribution in [0.5, 0.6) is 5.75 Å². The fraction of sp³-hybridized carbons (Fsp3) is 0.150. The van der Waals surface area contributed by atoms with Gasteiger partial charge in [-0.2, -0.15) is 5.26 Å². The summed E-state index contributed by atoms with van der Waals surface area (Å²) in [5.74, 6) is -2.20. The first-order valence-electron chi connectivity index (χ1n) is 8.77. The summed E-state index contributed by atoms with van der Waals surface area (Å²) < 4.78 is 10.1. The molecule has 3 N–H and O–H groups in total. The number of nitrogens with zero attached hydrogens (tertiary/aromatic N) is 1. The lowest BCUT2D eigenvalue weighted by Crippen LogP contribution is -2.45. The minimum Gasteiger partial charge on any atom is -0.484 e. The van der Waals surface area contributed by atoms with E-state index in [1.807, 2.05) is 0 Å². The highest BCUT2D eigenvalue weighted by Gasteiger charge is 2.12. The predicted octanol–water partition coefficient (Wildman–Crippen LogP) is 1.58. The Bertz CT molecular complexity index is 986. The maximum atomic E-state index is 12.0. The summed E-state index contributed by atoms with van der Waals surface area (Å²) >= 11 is 5.74. The summed E-state index contributed by atoms with van der Waals surface area (Å²) in [6, 6.07) is 13.8. The smallest absolute Gasteiger partial charge is 0.338 e. The number of halogens is 1. The van der Waals surface area contributed by atoms with Gasteiger partial charge in [0.05, 0.1) is 11.6 Å². The molecule has 0 aromatic heterocycles. The fourth-order valence-electron chi connectivity index (χ4n) is 2.07. The van der Waals surface area contributed by atoms with Crippen LogP contribution in [0.2, 0.25) is 5.02 Å². The van der Waals surface area contributed by atoms with Gasteiger partial charge < -0.3 is 14.8 Å². The number of hydrazine groups is 1. The van der Waals surface area contributed by atoms with Crippen molar-refractivity contribution in [2.45, 2.75) is 6.42 Å². The lowest BCUT2D eigenvalue weighted by atomic mass is 10.2. The van der Waals surface area contributed by atoms with E-state index in [4.69, 9.17) is 26.3 Å². The number of anilines is 1. The molecule has 0 fully saturated rings. The molecule has 0 saturated carbocycles. The summed E-state index contributed by atoms with van der Waals surface area (Å²) in [5, 5.41) is 11.4. The first-order chi connectivity index (χ1) is 14.9. The quantitative estimate of drug-likeness (QED) is 0.413. The number of carbonyl (C=O) groups is 4. The van der Waals surface area contributed by atoms with Crippen molar-refractivity contribution in [3.63, 3.8) is 0 Å². The number of hydrogen-bond donors (Lipinski definition) is 3. The number of ether oxygens (including phenoxy) is 2. The summed E-state index contributed by atoms with van der Waals surface area (Å²) in [4.78, 5) is 46.7. The van der Waals surface area contributed by atoms with Crippen molar-refractivity contribution in [2.24, 2.45) is 0 Å². The Kier molecular flexibility index (Phi) is 8.82. The van der Waals surface area contributed by atoms with E-state index in [0.717, 1.165) is 0 Å². The Labute approximate surface area is 182 Å². The van der Waals surface area contributed by atoms with E-state index in [1.165, 1.54) is 24.3 Å². The lowest BCUT2D eigenvalue weighted by molar-refractivity contribution is -0.131. The van der Waals surface area contributed by atoms with Gasteiger partial charge >= 0.3 is 5.97 Å². The van der Waals surface area contributed by atoms with Crippen molar-refractivity contribution < 1.29 is 28.7 Å². The number of nitriles is 1. The van der Waals surface area contributed by atoms with E-state index in [1.54, 1.807) is 30.3 Å². The van der Waals surface area contributed by atoms with Crippen molar-refractivity contribution in [3.8, 4) is 11.8 Å². The molecule has 0 radical (unpaired) electrons. The van der Waals surface area contributed by atoms with Crippen LogP contribution in [0, 0.1) is 11.3 Å². The largest absolute Gasteiger partial charge is 0.484 e. The fourth-order valence-corrected chi connectivity index (χ4v) is 2.20. The Morgan fingerprint density at radius 1 is 0.871 bits per heavy atom. The average Bonchev–Trinajstić information content (AvgIpc) is 2.76. The first kappa shape index (κ1) is 23.2. The van der Waals surface area contributed by atoms with Gasteiger partial charge in [0.2, 0.25) is 5.91 Å². The van der Waals surface area contributed by atoms with Crippen LogP contribution < -0.4 is 20.9 Å². The second-order valence-electron chi connectivity index (χ2n) is 5.88. The van der Waals surface area contributed by atoms with Gasteiger partial charge in [-0.05, 0) is 48.5 Å². The molecule has 0 aliphatic rings. The molecule has 10 nitrogen and oxygen atoms in total. The molecule has 0 unspecified atom stereocenters. The molecule has 11 heteroatoms. The molecule has 0 aliphatic heterocycles. The number of amides is 3. The van der Waals surface area contributed by atoms with E-state index in [-0.39, 0.29) is 18.6 Å². The number of hydrogen-bond acceptors (Lipinski definition) is 7. The highest BCUT2D eigenvalue weighted by molar-refractivity contribution is 6.30. The SMILES string of the molecule is N#CCC(=O)Nc1ccc(C(=O)OCC(=O)NNC(=O)COc2ccc(Cl)cc2)cc1. The van der Waals surface area contributed by atoms with E-state index in [2.05, 4.69) is 16.2 Å². The van der Waals surface area contributed by atoms with Crippen molar-refractivity contribution in [1.82, 2.24) is 10.9 Å². The van der Waals surface area contributed by atoms with Crippen molar-refractivity contribution in [3.05, 3.63) is 59.1 Å². The summed E-state index contributed by atoms with van der Waals surface area (Å²) in [6.45, 7) is -0.975. The number of benzene rings is 2. The third kappa shape index (κ3) is 8.43. The monoisotopic (exact) mass is 444 g/mol. The van der Waals surface area contributed by atoms with Gasteiger partial charge in [0.1, 0.15) is 12.2 Å². The van der Waals surface area contributed by atoms with Gasteiger partial charge in [-0.1, -0.05) is 11.6 Å². The summed E-state index contributed by atoms with van der Waals surface area (Å²) in [7, 11) is 0. The number of esters is 1. The van der Waals surface area contributed by atoms with Crippen LogP contribution in [0.1, 0.15) is 16.8 Å². The Morgan fingerprint density at radius 2 is 1.48 bits per heavy atom. The predicted molar refractivity (Wildman–Crippen MR) is 109 cm³/mol. The van der Waals surface area contributed by atoms with E-state index >= 15 is 0 Å². The Morgan fingerprint density at radius 3 is 2.10 bits per heavy atom. The first-order valence-corrected chi connectivity index (χ1v) is 9.15. The van der Waals surface area contributed by atoms with Crippen LogP contribution in [0.25, 0.3) is 0 Å². The maximum Gasteiger partial charge on any atom is 0.338 e. The lowest BCUT2D eigenvalue weighted by Gasteiger charge is -2.09. The molecule has 2 aromatic carbocycles. The molecule has 0 saturated heterocycles. The van der Waals surface area contributed by atoms with Crippen LogP contribution in [0.3, 0.4) is 0 Å². The third-order valence-corrected chi connectivity index (χ3v) is 3.76. The highest BCUT2D eigenvalue weighted by Crippen LogP contribution is 2.15. The number of nitrogens with one attached hydrogen (secondary N) is 3. The number of rotatable bonds is 8. The highest BCUT2D eigenvalue weighted by atomic mass is 35.5. The van der Waals surface area contributed by atoms with Crippen LogP contribution in [0.4, 0.5) is 5.69 Å². The molecule has 0 spiro atoms. The van der Waals surface area contributed by atoms with Gasteiger partial charge in [-0.25, -0.2) is 4.79 Å².